The predicted octanol–water partition coefficient (Wildman–Crippen LogP) is 4.12. The van der Waals surface area contributed by atoms with Gasteiger partial charge in [-0.1, -0.05) is 19.1 Å². The zero-order chi connectivity index (χ0) is 17.5. The minimum Gasteiger partial charge on any atom is -0.434 e. The Morgan fingerprint density at radius 3 is 2.50 bits per heavy atom. The van der Waals surface area contributed by atoms with E-state index in [1.807, 2.05) is 26.0 Å². The van der Waals surface area contributed by atoms with Gasteiger partial charge in [-0.25, -0.2) is 0 Å². The van der Waals surface area contributed by atoms with E-state index in [2.05, 4.69) is 9.72 Å². The number of pyridine rings is 1. The molecule has 0 N–H and O–H groups in total. The number of alkyl halides is 2. The van der Waals surface area contributed by atoms with Crippen molar-refractivity contribution in [2.45, 2.75) is 39.5 Å². The first-order valence-corrected chi connectivity index (χ1v) is 7.76. The van der Waals surface area contributed by atoms with Crippen LogP contribution in [0.1, 0.15) is 36.2 Å². The van der Waals surface area contributed by atoms with Crippen LogP contribution in [-0.4, -0.2) is 28.4 Å². The van der Waals surface area contributed by atoms with Crippen molar-refractivity contribution >= 4 is 5.91 Å². The van der Waals surface area contributed by atoms with Crippen molar-refractivity contribution in [2.75, 3.05) is 0 Å². The molecule has 6 heteroatoms. The second kappa shape index (κ2) is 8.38. The number of ether oxygens (including phenoxy) is 1. The lowest BCUT2D eigenvalue weighted by molar-refractivity contribution is -0.0503. The monoisotopic (exact) mass is 334 g/mol. The molecular formula is C18H20F2N2O2. The molecule has 1 heterocycles. The van der Waals surface area contributed by atoms with Gasteiger partial charge in [0, 0.05) is 25.0 Å². The summed E-state index contributed by atoms with van der Waals surface area (Å²) in [6.07, 6.45) is 4.06. The molecular weight excluding hydrogens is 314 g/mol. The van der Waals surface area contributed by atoms with Crippen molar-refractivity contribution in [3.8, 4) is 5.75 Å². The van der Waals surface area contributed by atoms with E-state index in [0.717, 1.165) is 12.0 Å². The maximum Gasteiger partial charge on any atom is 0.387 e. The summed E-state index contributed by atoms with van der Waals surface area (Å²) in [6, 6.07) is 9.67. The Morgan fingerprint density at radius 2 is 1.88 bits per heavy atom. The highest BCUT2D eigenvalue weighted by Crippen LogP contribution is 2.24. The van der Waals surface area contributed by atoms with Crippen LogP contribution in [-0.2, 0) is 6.54 Å². The maximum absolute atomic E-state index is 12.9. The van der Waals surface area contributed by atoms with Crippen LogP contribution in [0, 0.1) is 0 Å². The average molecular weight is 334 g/mol. The molecule has 1 aromatic heterocycles. The molecule has 0 saturated carbocycles. The number of hydrogen-bond acceptors (Lipinski definition) is 3. The molecule has 0 aliphatic rings. The number of halogens is 2. The van der Waals surface area contributed by atoms with E-state index in [0.29, 0.717) is 6.54 Å². The molecule has 4 nitrogen and oxygen atoms in total. The second-order valence-electron chi connectivity index (χ2n) is 5.42. The van der Waals surface area contributed by atoms with Gasteiger partial charge in [0.2, 0.25) is 0 Å². The fourth-order valence-electron chi connectivity index (χ4n) is 2.33. The summed E-state index contributed by atoms with van der Waals surface area (Å²) in [5.41, 5.74) is 1.05. The summed E-state index contributed by atoms with van der Waals surface area (Å²) in [6.45, 7) is 1.30. The van der Waals surface area contributed by atoms with Gasteiger partial charge in [-0.3, -0.25) is 9.78 Å². The molecule has 24 heavy (non-hydrogen) atoms. The van der Waals surface area contributed by atoms with E-state index in [1.54, 1.807) is 29.4 Å². The van der Waals surface area contributed by atoms with Crippen molar-refractivity contribution in [1.82, 2.24) is 9.88 Å². The van der Waals surface area contributed by atoms with Crippen LogP contribution in [0.25, 0.3) is 0 Å². The highest BCUT2D eigenvalue weighted by atomic mass is 19.3. The molecule has 128 valence electrons. The summed E-state index contributed by atoms with van der Waals surface area (Å²) in [5.74, 6) is -0.446. The minimum absolute atomic E-state index is 0.0507. The van der Waals surface area contributed by atoms with Crippen molar-refractivity contribution in [1.29, 1.82) is 0 Å². The predicted molar refractivity (Wildman–Crippen MR) is 86.9 cm³/mol. The highest BCUT2D eigenvalue weighted by Gasteiger charge is 2.24. The maximum atomic E-state index is 12.9. The van der Waals surface area contributed by atoms with E-state index in [4.69, 9.17) is 0 Å². The van der Waals surface area contributed by atoms with Crippen LogP contribution >= 0.6 is 0 Å². The standard InChI is InChI=1S/C18H20F2N2O2/c1-3-13(2)22(12-14-8-10-21-11-9-14)17(23)15-6-4-5-7-16(15)24-18(19)20/h4-11,13,18H,3,12H2,1-2H3/t13-/m1/s1. The largest absolute Gasteiger partial charge is 0.434 e. The summed E-state index contributed by atoms with van der Waals surface area (Å²) >= 11 is 0. The molecule has 2 aromatic rings. The van der Waals surface area contributed by atoms with E-state index in [1.165, 1.54) is 12.1 Å². The highest BCUT2D eigenvalue weighted by molar-refractivity contribution is 5.97. The first-order chi connectivity index (χ1) is 11.5. The normalized spacial score (nSPS) is 12.0. The topological polar surface area (TPSA) is 42.4 Å². The number of benzene rings is 1. The Hall–Kier alpha value is -2.50. The lowest BCUT2D eigenvalue weighted by Crippen LogP contribution is -2.38. The molecule has 0 fully saturated rings. The number of carbonyl (C=O) groups excluding carboxylic acids is 1. The van der Waals surface area contributed by atoms with Crippen LogP contribution in [0.2, 0.25) is 0 Å². The summed E-state index contributed by atoms with van der Waals surface area (Å²) in [7, 11) is 0. The Balaban J connectivity index is 2.31. The van der Waals surface area contributed by atoms with E-state index in [9.17, 15) is 13.6 Å². The Kier molecular flexibility index (Phi) is 6.23. The Labute approximate surface area is 140 Å². The molecule has 0 aliphatic carbocycles. The molecule has 2 rings (SSSR count). The van der Waals surface area contributed by atoms with Gasteiger partial charge in [0.05, 0.1) is 5.56 Å². The summed E-state index contributed by atoms with van der Waals surface area (Å²) in [5, 5.41) is 0. The van der Waals surface area contributed by atoms with E-state index in [-0.39, 0.29) is 23.3 Å². The third kappa shape index (κ3) is 4.50. The molecule has 1 amide bonds. The minimum atomic E-state index is -2.98. The van der Waals surface area contributed by atoms with Gasteiger partial charge in [0.15, 0.2) is 0 Å². The van der Waals surface area contributed by atoms with Gasteiger partial charge in [0.25, 0.3) is 5.91 Å². The van der Waals surface area contributed by atoms with Gasteiger partial charge in [-0.15, -0.1) is 0 Å². The van der Waals surface area contributed by atoms with Crippen LogP contribution in [0.5, 0.6) is 5.75 Å². The first kappa shape index (κ1) is 17.8. The van der Waals surface area contributed by atoms with E-state index < -0.39 is 6.61 Å². The van der Waals surface area contributed by atoms with Crippen molar-refractivity contribution < 1.29 is 18.3 Å². The van der Waals surface area contributed by atoms with Gasteiger partial charge >= 0.3 is 6.61 Å². The zero-order valence-electron chi connectivity index (χ0n) is 13.7. The van der Waals surface area contributed by atoms with Crippen LogP contribution in [0.3, 0.4) is 0 Å². The van der Waals surface area contributed by atoms with E-state index >= 15 is 0 Å². The number of nitrogens with zero attached hydrogens (tertiary/aromatic N) is 2. The summed E-state index contributed by atoms with van der Waals surface area (Å²) in [4.78, 5) is 18.6. The first-order valence-electron chi connectivity index (χ1n) is 7.76. The molecule has 0 radical (unpaired) electrons. The van der Waals surface area contributed by atoms with Gasteiger partial charge < -0.3 is 9.64 Å². The Morgan fingerprint density at radius 1 is 1.21 bits per heavy atom. The number of hydrogen-bond donors (Lipinski definition) is 0. The molecule has 0 unspecified atom stereocenters. The zero-order valence-corrected chi connectivity index (χ0v) is 13.7. The lowest BCUT2D eigenvalue weighted by atomic mass is 10.1. The van der Waals surface area contributed by atoms with Crippen LogP contribution < -0.4 is 4.74 Å². The smallest absolute Gasteiger partial charge is 0.387 e. The number of carbonyl (C=O) groups is 1. The number of amides is 1. The number of aromatic nitrogens is 1. The van der Waals surface area contributed by atoms with Crippen LogP contribution in [0.15, 0.2) is 48.8 Å². The fourth-order valence-corrected chi connectivity index (χ4v) is 2.33. The lowest BCUT2D eigenvalue weighted by Gasteiger charge is -2.29. The molecule has 0 spiro atoms. The third-order valence-electron chi connectivity index (χ3n) is 3.82. The third-order valence-corrected chi connectivity index (χ3v) is 3.82. The van der Waals surface area contributed by atoms with Crippen molar-refractivity contribution in [3.63, 3.8) is 0 Å². The summed E-state index contributed by atoms with van der Waals surface area (Å²) < 4.78 is 29.7. The van der Waals surface area contributed by atoms with Crippen molar-refractivity contribution in [3.05, 3.63) is 59.9 Å². The number of para-hydroxylation sites is 1. The molecule has 0 aliphatic heterocycles. The molecule has 0 saturated heterocycles. The van der Waals surface area contributed by atoms with Crippen LogP contribution in [0.4, 0.5) is 8.78 Å². The number of rotatable bonds is 7. The van der Waals surface area contributed by atoms with Gasteiger partial charge in [-0.2, -0.15) is 8.78 Å². The second-order valence-corrected chi connectivity index (χ2v) is 5.42. The fraction of sp³-hybridized carbons (Fsp3) is 0.333. The SMILES string of the molecule is CC[C@@H](C)N(Cc1ccncc1)C(=O)c1ccccc1OC(F)F. The van der Waals surface area contributed by atoms with Gasteiger partial charge in [0.1, 0.15) is 5.75 Å². The van der Waals surface area contributed by atoms with Gasteiger partial charge in [-0.05, 0) is 43.2 Å². The molecule has 1 aromatic carbocycles. The molecule has 0 bridgehead atoms. The quantitative estimate of drug-likeness (QED) is 0.765. The Bertz CT molecular complexity index is 665. The van der Waals surface area contributed by atoms with Crippen molar-refractivity contribution in [2.24, 2.45) is 0 Å². The average Bonchev–Trinajstić information content (AvgIpc) is 2.59. The molecule has 1 atom stereocenters.